The van der Waals surface area contributed by atoms with Gasteiger partial charge in [-0.15, -0.1) is 24.5 Å². The van der Waals surface area contributed by atoms with Gasteiger partial charge in [0, 0.05) is 17.0 Å². The van der Waals surface area contributed by atoms with Crippen molar-refractivity contribution in [3.8, 4) is 11.5 Å². The van der Waals surface area contributed by atoms with Crippen molar-refractivity contribution in [3.63, 3.8) is 0 Å². The van der Waals surface area contributed by atoms with E-state index in [1.165, 1.54) is 30.6 Å². The van der Waals surface area contributed by atoms with Crippen LogP contribution in [0.5, 0.6) is 11.5 Å². The maximum atomic E-state index is 12.9. The van der Waals surface area contributed by atoms with E-state index in [-0.39, 0.29) is 16.8 Å². The number of nitrogens with zero attached hydrogens (tertiary/aromatic N) is 2. The molecule has 164 valence electrons. The summed E-state index contributed by atoms with van der Waals surface area (Å²) in [5.74, 6) is -0.473. The van der Waals surface area contributed by atoms with Gasteiger partial charge in [0.15, 0.2) is 16.5 Å². The van der Waals surface area contributed by atoms with Crippen LogP contribution in [0.15, 0.2) is 69.5 Å². The number of fused-ring (bicyclic) bond motifs is 1. The Kier molecular flexibility index (Phi) is 5.82. The van der Waals surface area contributed by atoms with Crippen molar-refractivity contribution in [1.82, 2.24) is 4.98 Å². The van der Waals surface area contributed by atoms with Crippen LogP contribution < -0.4 is 20.3 Å². The highest BCUT2D eigenvalue weighted by Crippen LogP contribution is 2.27. The number of nitrogens with one attached hydrogen (secondary N) is 1. The third-order valence-electron chi connectivity index (χ3n) is 4.16. The normalized spacial score (nSPS) is 12.1. The summed E-state index contributed by atoms with van der Waals surface area (Å²) < 4.78 is 52.2. The lowest BCUT2D eigenvalue weighted by Gasteiger charge is -2.09. The molecular weight excluding hydrogens is 447 g/mol. The second kappa shape index (κ2) is 8.71. The van der Waals surface area contributed by atoms with Gasteiger partial charge in [0.1, 0.15) is 11.3 Å². The molecule has 0 fully saturated rings. The van der Waals surface area contributed by atoms with Crippen LogP contribution in [0, 0.1) is 0 Å². The fourth-order valence-electron chi connectivity index (χ4n) is 2.82. The summed E-state index contributed by atoms with van der Waals surface area (Å²) in [5.41, 5.74) is 0.662. The van der Waals surface area contributed by atoms with Gasteiger partial charge < -0.3 is 13.9 Å². The molecule has 4 aromatic rings. The Morgan fingerprint density at radius 2 is 1.97 bits per heavy atom. The number of aromatic nitrogens is 1. The molecule has 0 bridgehead atoms. The largest absolute Gasteiger partial charge is 0.573 e. The van der Waals surface area contributed by atoms with Crippen LogP contribution in [0.3, 0.4) is 0 Å². The first-order chi connectivity index (χ1) is 15.3. The lowest BCUT2D eigenvalue weighted by molar-refractivity contribution is -0.274. The maximum Gasteiger partial charge on any atom is 0.573 e. The molecule has 4 rings (SSSR count). The summed E-state index contributed by atoms with van der Waals surface area (Å²) >= 11 is 1.24. The number of benzene rings is 2. The SMILES string of the molecule is COc1cccc2cc(C(=O)Nc3nccs3)c(=Nc3ccc(OC(F)(F)F)cc3)oc12. The second-order valence-electron chi connectivity index (χ2n) is 6.29. The van der Waals surface area contributed by atoms with Gasteiger partial charge >= 0.3 is 6.36 Å². The summed E-state index contributed by atoms with van der Waals surface area (Å²) in [4.78, 5) is 21.2. The lowest BCUT2D eigenvalue weighted by atomic mass is 10.1. The summed E-state index contributed by atoms with van der Waals surface area (Å²) in [6.07, 6.45) is -3.25. The fourth-order valence-corrected chi connectivity index (χ4v) is 3.34. The molecule has 0 aliphatic carbocycles. The molecule has 2 aromatic heterocycles. The summed E-state index contributed by atoms with van der Waals surface area (Å²) in [7, 11) is 1.48. The molecule has 2 heterocycles. The summed E-state index contributed by atoms with van der Waals surface area (Å²) in [5, 5.41) is 5.36. The maximum absolute atomic E-state index is 12.9. The van der Waals surface area contributed by atoms with Crippen molar-refractivity contribution in [2.45, 2.75) is 6.36 Å². The molecule has 0 saturated carbocycles. The van der Waals surface area contributed by atoms with Crippen LogP contribution >= 0.6 is 11.3 Å². The Morgan fingerprint density at radius 1 is 1.19 bits per heavy atom. The third kappa shape index (κ3) is 4.89. The zero-order chi connectivity index (χ0) is 22.7. The molecule has 32 heavy (non-hydrogen) atoms. The molecule has 0 aliphatic rings. The number of ether oxygens (including phenoxy) is 2. The first-order valence-corrected chi connectivity index (χ1v) is 9.92. The minimum Gasteiger partial charge on any atom is -0.493 e. The Hall–Kier alpha value is -3.86. The van der Waals surface area contributed by atoms with Gasteiger partial charge in [-0.1, -0.05) is 12.1 Å². The minimum atomic E-state index is -4.80. The predicted octanol–water partition coefficient (Wildman–Crippen LogP) is 5.28. The van der Waals surface area contributed by atoms with Crippen molar-refractivity contribution >= 4 is 39.0 Å². The fraction of sp³-hybridized carbons (Fsp3) is 0.0952. The van der Waals surface area contributed by atoms with Gasteiger partial charge in [-0.3, -0.25) is 10.1 Å². The number of rotatable bonds is 5. The molecule has 7 nitrogen and oxygen atoms in total. The quantitative estimate of drug-likeness (QED) is 0.437. The van der Waals surface area contributed by atoms with Crippen LogP contribution in [0.4, 0.5) is 24.0 Å². The number of hydrogen-bond donors (Lipinski definition) is 1. The van der Waals surface area contributed by atoms with Crippen LogP contribution in [-0.4, -0.2) is 24.4 Å². The number of anilines is 1. The monoisotopic (exact) mass is 461 g/mol. The number of alkyl halides is 3. The van der Waals surface area contributed by atoms with E-state index < -0.39 is 18.0 Å². The lowest BCUT2D eigenvalue weighted by Crippen LogP contribution is -2.21. The van der Waals surface area contributed by atoms with Crippen molar-refractivity contribution < 1.29 is 31.9 Å². The van der Waals surface area contributed by atoms with Crippen molar-refractivity contribution in [1.29, 1.82) is 0 Å². The van der Waals surface area contributed by atoms with E-state index in [9.17, 15) is 18.0 Å². The smallest absolute Gasteiger partial charge is 0.493 e. The third-order valence-corrected chi connectivity index (χ3v) is 4.85. The van der Waals surface area contributed by atoms with Crippen LogP contribution in [0.2, 0.25) is 0 Å². The van der Waals surface area contributed by atoms with Gasteiger partial charge in [0.25, 0.3) is 5.91 Å². The van der Waals surface area contributed by atoms with Gasteiger partial charge in [0.2, 0.25) is 5.55 Å². The van der Waals surface area contributed by atoms with Gasteiger partial charge in [-0.25, -0.2) is 9.98 Å². The number of halogens is 3. The zero-order valence-electron chi connectivity index (χ0n) is 16.3. The number of methoxy groups -OCH3 is 1. The minimum absolute atomic E-state index is 0.0551. The number of carbonyl (C=O) groups is 1. The molecule has 0 saturated heterocycles. The highest BCUT2D eigenvalue weighted by atomic mass is 32.1. The Labute approximate surface area is 182 Å². The van der Waals surface area contributed by atoms with Gasteiger partial charge in [-0.05, 0) is 36.4 Å². The van der Waals surface area contributed by atoms with Crippen molar-refractivity contribution in [2.24, 2.45) is 4.99 Å². The number of para-hydroxylation sites is 1. The van der Waals surface area contributed by atoms with E-state index in [0.29, 0.717) is 21.9 Å². The molecule has 0 atom stereocenters. The van der Waals surface area contributed by atoms with Gasteiger partial charge in [0.05, 0.1) is 12.8 Å². The second-order valence-corrected chi connectivity index (χ2v) is 7.18. The molecule has 0 radical (unpaired) electrons. The number of hydrogen-bond acceptors (Lipinski definition) is 7. The molecule has 0 spiro atoms. The molecule has 0 unspecified atom stereocenters. The molecule has 1 N–H and O–H groups in total. The zero-order valence-corrected chi connectivity index (χ0v) is 17.2. The molecule has 1 amide bonds. The van der Waals surface area contributed by atoms with Crippen LogP contribution in [-0.2, 0) is 0 Å². The molecule has 2 aromatic carbocycles. The highest BCUT2D eigenvalue weighted by molar-refractivity contribution is 7.13. The average molecular weight is 461 g/mol. The van der Waals surface area contributed by atoms with Crippen LogP contribution in [0.1, 0.15) is 10.4 Å². The van der Waals surface area contributed by atoms with E-state index in [1.54, 1.807) is 35.8 Å². The molecular formula is C21H14F3N3O4S. The highest BCUT2D eigenvalue weighted by Gasteiger charge is 2.31. The number of carbonyl (C=O) groups excluding carboxylic acids is 1. The Balaban J connectivity index is 1.81. The van der Waals surface area contributed by atoms with Gasteiger partial charge in [-0.2, -0.15) is 0 Å². The Bertz CT molecular complexity index is 1320. The molecule has 0 aliphatic heterocycles. The first-order valence-electron chi connectivity index (χ1n) is 9.04. The summed E-state index contributed by atoms with van der Waals surface area (Å²) in [6, 6.07) is 11.6. The number of amides is 1. The first kappa shape index (κ1) is 21.4. The van der Waals surface area contributed by atoms with E-state index in [2.05, 4.69) is 20.0 Å². The molecule has 11 heteroatoms. The Morgan fingerprint density at radius 3 is 2.62 bits per heavy atom. The topological polar surface area (TPSA) is 86.0 Å². The van der Waals surface area contributed by atoms with E-state index in [1.807, 2.05) is 0 Å². The van der Waals surface area contributed by atoms with E-state index >= 15 is 0 Å². The standard InChI is InChI=1S/C21H14F3N3O4S/c1-29-16-4-2-3-12-11-15(18(28)27-20-25-9-10-32-20)19(30-17(12)16)26-13-5-7-14(8-6-13)31-21(22,23)24/h2-11H,1H3,(H,25,27,28). The van der Waals surface area contributed by atoms with E-state index in [4.69, 9.17) is 9.15 Å². The van der Waals surface area contributed by atoms with Crippen molar-refractivity contribution in [3.05, 3.63) is 71.2 Å². The number of thiazole rings is 1. The van der Waals surface area contributed by atoms with Crippen molar-refractivity contribution in [2.75, 3.05) is 12.4 Å². The predicted molar refractivity (Wildman–Crippen MR) is 111 cm³/mol. The van der Waals surface area contributed by atoms with Crippen LogP contribution in [0.25, 0.3) is 11.0 Å². The average Bonchev–Trinajstić information content (AvgIpc) is 3.26. The summed E-state index contributed by atoms with van der Waals surface area (Å²) in [6.45, 7) is 0. The van der Waals surface area contributed by atoms with E-state index in [0.717, 1.165) is 12.1 Å².